The lowest BCUT2D eigenvalue weighted by atomic mass is 9.64. The zero-order chi connectivity index (χ0) is 14.3. The third-order valence-corrected chi connectivity index (χ3v) is 4.31. The summed E-state index contributed by atoms with van der Waals surface area (Å²) in [5.41, 5.74) is 1.55. The lowest BCUT2D eigenvalue weighted by molar-refractivity contribution is -0.0510. The monoisotopic (exact) mass is 268 g/mol. The topological polar surface area (TPSA) is 81.8 Å². The van der Waals surface area contributed by atoms with E-state index < -0.39 is 0 Å². The molecule has 2 atom stereocenters. The predicted molar refractivity (Wildman–Crippen MR) is 76.1 cm³/mol. The van der Waals surface area contributed by atoms with Crippen LogP contribution in [-0.4, -0.2) is 27.4 Å². The van der Waals surface area contributed by atoms with Crippen molar-refractivity contribution < 1.29 is 5.11 Å². The normalized spacial score (nSPS) is 23.9. The SMILES string of the molecule is CC1(C)C(O)CC1Nc1c(C#N)nnc2ccccc12. The molecule has 0 amide bonds. The van der Waals surface area contributed by atoms with Gasteiger partial charge in [0.05, 0.1) is 17.3 Å². The summed E-state index contributed by atoms with van der Waals surface area (Å²) in [7, 11) is 0. The van der Waals surface area contributed by atoms with Crippen molar-refractivity contribution in [2.45, 2.75) is 32.4 Å². The summed E-state index contributed by atoms with van der Waals surface area (Å²) in [5, 5.41) is 31.3. The van der Waals surface area contributed by atoms with Crippen LogP contribution in [0.1, 0.15) is 26.0 Å². The zero-order valence-electron chi connectivity index (χ0n) is 11.5. The summed E-state index contributed by atoms with van der Waals surface area (Å²) in [4.78, 5) is 0. The summed E-state index contributed by atoms with van der Waals surface area (Å²) >= 11 is 0. The van der Waals surface area contributed by atoms with Gasteiger partial charge in [0.2, 0.25) is 0 Å². The molecule has 0 radical (unpaired) electrons. The highest BCUT2D eigenvalue weighted by atomic mass is 16.3. The number of nitriles is 1. The van der Waals surface area contributed by atoms with Gasteiger partial charge in [-0.05, 0) is 12.5 Å². The Kier molecular flexibility index (Phi) is 2.84. The Labute approximate surface area is 117 Å². The fourth-order valence-electron chi connectivity index (χ4n) is 2.60. The first-order valence-electron chi connectivity index (χ1n) is 6.64. The number of nitrogens with one attached hydrogen (secondary N) is 1. The van der Waals surface area contributed by atoms with Crippen molar-refractivity contribution in [3.63, 3.8) is 0 Å². The van der Waals surface area contributed by atoms with Crippen molar-refractivity contribution in [3.8, 4) is 6.07 Å². The van der Waals surface area contributed by atoms with Crippen molar-refractivity contribution in [2.75, 3.05) is 5.32 Å². The number of fused-ring (bicyclic) bond motifs is 1. The summed E-state index contributed by atoms with van der Waals surface area (Å²) < 4.78 is 0. The van der Waals surface area contributed by atoms with Crippen LogP contribution in [0.25, 0.3) is 10.9 Å². The molecule has 1 heterocycles. The molecule has 2 aromatic rings. The average Bonchev–Trinajstić information content (AvgIpc) is 2.47. The molecular formula is C15H16N4O. The summed E-state index contributed by atoms with van der Waals surface area (Å²) in [6, 6.07) is 9.81. The van der Waals surface area contributed by atoms with Crippen LogP contribution in [0.5, 0.6) is 0 Å². The largest absolute Gasteiger partial charge is 0.392 e. The molecule has 3 rings (SSSR count). The number of rotatable bonds is 2. The standard InChI is InChI=1S/C15H16N4O/c1-15(2)12(7-13(15)20)17-14-9-5-3-4-6-10(9)18-19-11(14)8-16/h3-6,12-13,20H,7H2,1-2H3,(H,17,18). The van der Waals surface area contributed by atoms with Crippen molar-refractivity contribution >= 4 is 16.6 Å². The smallest absolute Gasteiger partial charge is 0.186 e. The second kappa shape index (κ2) is 4.43. The number of aromatic nitrogens is 2. The van der Waals surface area contributed by atoms with Crippen LogP contribution in [0.15, 0.2) is 24.3 Å². The van der Waals surface area contributed by atoms with Gasteiger partial charge in [0.25, 0.3) is 0 Å². The third-order valence-electron chi connectivity index (χ3n) is 4.31. The predicted octanol–water partition coefficient (Wildman–Crippen LogP) is 2.07. The Hall–Kier alpha value is -2.19. The van der Waals surface area contributed by atoms with E-state index in [2.05, 4.69) is 21.6 Å². The number of hydrogen-bond donors (Lipinski definition) is 2. The van der Waals surface area contributed by atoms with Crippen LogP contribution in [0.2, 0.25) is 0 Å². The molecule has 5 nitrogen and oxygen atoms in total. The Morgan fingerprint density at radius 1 is 1.35 bits per heavy atom. The molecule has 1 saturated carbocycles. The highest BCUT2D eigenvalue weighted by molar-refractivity contribution is 5.93. The van der Waals surface area contributed by atoms with E-state index in [1.807, 2.05) is 38.1 Å². The fraction of sp³-hybridized carbons (Fsp3) is 0.400. The van der Waals surface area contributed by atoms with E-state index in [9.17, 15) is 10.4 Å². The van der Waals surface area contributed by atoms with Crippen LogP contribution < -0.4 is 5.32 Å². The minimum absolute atomic E-state index is 0.122. The highest BCUT2D eigenvalue weighted by Gasteiger charge is 2.47. The molecule has 0 aliphatic heterocycles. The second-order valence-electron chi connectivity index (χ2n) is 5.82. The number of benzene rings is 1. The molecule has 2 unspecified atom stereocenters. The lowest BCUT2D eigenvalue weighted by Gasteiger charge is -2.49. The van der Waals surface area contributed by atoms with Crippen molar-refractivity contribution in [2.24, 2.45) is 5.41 Å². The van der Waals surface area contributed by atoms with E-state index in [-0.39, 0.29) is 17.6 Å². The molecule has 1 aromatic carbocycles. The van der Waals surface area contributed by atoms with Crippen LogP contribution in [0.3, 0.4) is 0 Å². The van der Waals surface area contributed by atoms with Crippen LogP contribution in [0, 0.1) is 16.7 Å². The molecule has 1 fully saturated rings. The van der Waals surface area contributed by atoms with E-state index in [1.165, 1.54) is 0 Å². The van der Waals surface area contributed by atoms with Gasteiger partial charge >= 0.3 is 0 Å². The number of aliphatic hydroxyl groups excluding tert-OH is 1. The lowest BCUT2D eigenvalue weighted by Crippen LogP contribution is -2.57. The maximum absolute atomic E-state index is 9.83. The molecule has 0 spiro atoms. The summed E-state index contributed by atoms with van der Waals surface area (Å²) in [6.07, 6.45) is 0.362. The van der Waals surface area contributed by atoms with E-state index in [4.69, 9.17) is 0 Å². The number of aliphatic hydroxyl groups is 1. The van der Waals surface area contributed by atoms with Crippen molar-refractivity contribution in [1.29, 1.82) is 5.26 Å². The summed E-state index contributed by atoms with van der Waals surface area (Å²) in [5.74, 6) is 0. The average molecular weight is 268 g/mol. The van der Waals surface area contributed by atoms with Gasteiger partial charge in [0, 0.05) is 16.8 Å². The molecular weight excluding hydrogens is 252 g/mol. The molecule has 20 heavy (non-hydrogen) atoms. The maximum atomic E-state index is 9.83. The molecule has 102 valence electrons. The highest BCUT2D eigenvalue weighted by Crippen LogP contribution is 2.43. The van der Waals surface area contributed by atoms with Crippen LogP contribution >= 0.6 is 0 Å². The van der Waals surface area contributed by atoms with E-state index in [0.717, 1.165) is 10.9 Å². The minimum Gasteiger partial charge on any atom is -0.392 e. The first-order valence-corrected chi connectivity index (χ1v) is 6.64. The van der Waals surface area contributed by atoms with Crippen molar-refractivity contribution in [1.82, 2.24) is 10.2 Å². The van der Waals surface area contributed by atoms with Gasteiger partial charge in [0.15, 0.2) is 5.69 Å². The van der Waals surface area contributed by atoms with E-state index in [0.29, 0.717) is 17.8 Å². The van der Waals surface area contributed by atoms with Gasteiger partial charge in [-0.3, -0.25) is 0 Å². The van der Waals surface area contributed by atoms with Gasteiger partial charge in [-0.2, -0.15) is 5.26 Å². The number of nitrogens with zero attached hydrogens (tertiary/aromatic N) is 3. The Morgan fingerprint density at radius 3 is 2.75 bits per heavy atom. The summed E-state index contributed by atoms with van der Waals surface area (Å²) in [6.45, 7) is 4.03. The van der Waals surface area contributed by atoms with Gasteiger partial charge < -0.3 is 10.4 Å². The van der Waals surface area contributed by atoms with Crippen LogP contribution in [0.4, 0.5) is 5.69 Å². The van der Waals surface area contributed by atoms with Crippen LogP contribution in [-0.2, 0) is 0 Å². The molecule has 0 saturated heterocycles. The maximum Gasteiger partial charge on any atom is 0.186 e. The Morgan fingerprint density at radius 2 is 2.10 bits per heavy atom. The number of hydrogen-bond acceptors (Lipinski definition) is 5. The third kappa shape index (κ3) is 1.81. The van der Waals surface area contributed by atoms with Gasteiger partial charge in [-0.25, -0.2) is 0 Å². The second-order valence-corrected chi connectivity index (χ2v) is 5.82. The van der Waals surface area contributed by atoms with Gasteiger partial charge in [0.1, 0.15) is 6.07 Å². The fourth-order valence-corrected chi connectivity index (χ4v) is 2.60. The first kappa shape index (κ1) is 12.8. The number of anilines is 1. The van der Waals surface area contributed by atoms with Gasteiger partial charge in [-0.15, -0.1) is 10.2 Å². The quantitative estimate of drug-likeness (QED) is 0.871. The van der Waals surface area contributed by atoms with Gasteiger partial charge in [-0.1, -0.05) is 32.0 Å². The first-order chi connectivity index (χ1) is 9.54. The molecule has 1 aromatic heterocycles. The van der Waals surface area contributed by atoms with E-state index >= 15 is 0 Å². The molecule has 5 heteroatoms. The van der Waals surface area contributed by atoms with Crippen molar-refractivity contribution in [3.05, 3.63) is 30.0 Å². The molecule has 1 aliphatic rings. The molecule has 0 bridgehead atoms. The zero-order valence-corrected chi connectivity index (χ0v) is 11.5. The molecule has 2 N–H and O–H groups in total. The molecule has 1 aliphatic carbocycles. The van der Waals surface area contributed by atoms with E-state index in [1.54, 1.807) is 0 Å². The Bertz CT molecular complexity index is 705. The Balaban J connectivity index is 2.05. The minimum atomic E-state index is -0.313.